The van der Waals surface area contributed by atoms with Crippen LogP contribution in [0.25, 0.3) is 0 Å². The van der Waals surface area contributed by atoms with E-state index in [9.17, 15) is 20.1 Å². The van der Waals surface area contributed by atoms with E-state index in [-0.39, 0.29) is 35.9 Å². The Hall–Kier alpha value is -0.613. The number of aliphatic hydroxyl groups excluding tert-OH is 2. The minimum Gasteiger partial charge on any atom is -0.410 e. The lowest BCUT2D eigenvalue weighted by molar-refractivity contribution is -0.258. The van der Waals surface area contributed by atoms with E-state index in [1.54, 1.807) is 6.92 Å². The van der Waals surface area contributed by atoms with Gasteiger partial charge in [-0.1, -0.05) is 46.8 Å². The van der Waals surface area contributed by atoms with Gasteiger partial charge in [-0.25, -0.2) is 0 Å². The van der Waals surface area contributed by atoms with Crippen molar-refractivity contribution < 1.29 is 34.0 Å². The third-order valence-electron chi connectivity index (χ3n) is 8.02. The molecular formula is C25H46O7Si. The van der Waals surface area contributed by atoms with Gasteiger partial charge >= 0.3 is 0 Å². The molecule has 33 heavy (non-hydrogen) atoms. The number of aliphatic hydroxyl groups is 3. The van der Waals surface area contributed by atoms with E-state index in [1.165, 1.54) is 0 Å². The fourth-order valence-corrected chi connectivity index (χ4v) is 5.99. The van der Waals surface area contributed by atoms with Crippen molar-refractivity contribution in [1.29, 1.82) is 0 Å². The Bertz CT molecular complexity index is 718. The molecule has 0 aromatic heterocycles. The summed E-state index contributed by atoms with van der Waals surface area (Å²) in [4.78, 5) is 13.7. The van der Waals surface area contributed by atoms with Gasteiger partial charge in [0.2, 0.25) is 0 Å². The van der Waals surface area contributed by atoms with Crippen molar-refractivity contribution in [3.05, 3.63) is 12.2 Å². The summed E-state index contributed by atoms with van der Waals surface area (Å²) >= 11 is 0. The number of epoxide rings is 1. The summed E-state index contributed by atoms with van der Waals surface area (Å²) in [5.41, 5.74) is -0.734. The van der Waals surface area contributed by atoms with E-state index in [2.05, 4.69) is 46.9 Å². The second kappa shape index (κ2) is 10.2. The zero-order valence-corrected chi connectivity index (χ0v) is 22.9. The second-order valence-corrected chi connectivity index (χ2v) is 16.3. The zero-order valence-electron chi connectivity index (χ0n) is 21.9. The lowest BCUT2D eigenvalue weighted by Crippen LogP contribution is -2.56. The fraction of sp³-hybridized carbons (Fsp3) is 0.880. The minimum atomic E-state index is -2.34. The van der Waals surface area contributed by atoms with E-state index in [0.717, 1.165) is 0 Å². The highest BCUT2D eigenvalue weighted by Gasteiger charge is 2.64. The van der Waals surface area contributed by atoms with Crippen molar-refractivity contribution in [3.8, 4) is 0 Å². The maximum Gasteiger partial charge on any atom is 0.192 e. The van der Waals surface area contributed by atoms with Crippen molar-refractivity contribution in [2.75, 3.05) is 13.2 Å². The van der Waals surface area contributed by atoms with Crippen LogP contribution in [0.2, 0.25) is 18.1 Å². The number of hydrogen-bond donors (Lipinski definition) is 3. The number of hydrogen-bond acceptors (Lipinski definition) is 7. The first-order chi connectivity index (χ1) is 15.1. The lowest BCUT2D eigenvalue weighted by atomic mass is 9.78. The van der Waals surface area contributed by atoms with Gasteiger partial charge in [0.15, 0.2) is 14.1 Å². The highest BCUT2D eigenvalue weighted by Crippen LogP contribution is 2.51. The molecule has 2 fully saturated rings. The summed E-state index contributed by atoms with van der Waals surface area (Å²) in [6.07, 6.45) is 2.48. The molecule has 8 atom stereocenters. The SMILES string of the molecule is C/C=C\[C@H](C)[C@H]1OC1(C)[C@@H](O[Si](C)(C)C(C)(C)C)[C@@H](CO)C(=O)[C@H]1COC(O)(CC)C[C@H]1O. The van der Waals surface area contributed by atoms with Crippen molar-refractivity contribution in [2.24, 2.45) is 17.8 Å². The van der Waals surface area contributed by atoms with Gasteiger partial charge < -0.3 is 29.2 Å². The Morgan fingerprint density at radius 3 is 2.39 bits per heavy atom. The molecule has 7 nitrogen and oxygen atoms in total. The minimum absolute atomic E-state index is 0.0411. The number of rotatable bonds is 10. The lowest BCUT2D eigenvalue weighted by Gasteiger charge is -2.44. The summed E-state index contributed by atoms with van der Waals surface area (Å²) in [5, 5.41) is 31.4. The number of ether oxygens (including phenoxy) is 2. The van der Waals surface area contributed by atoms with E-state index in [0.29, 0.717) is 6.42 Å². The Balaban J connectivity index is 2.37. The number of carbonyl (C=O) groups is 1. The Kier molecular flexibility index (Phi) is 8.82. The quantitative estimate of drug-likeness (QED) is 0.247. The van der Waals surface area contributed by atoms with Gasteiger partial charge in [0, 0.05) is 12.3 Å². The maximum atomic E-state index is 13.7. The molecule has 2 unspecified atom stereocenters. The summed E-state index contributed by atoms with van der Waals surface area (Å²) in [5.74, 6) is -3.32. The molecule has 0 amide bonds. The van der Waals surface area contributed by atoms with Crippen LogP contribution in [0.3, 0.4) is 0 Å². The summed E-state index contributed by atoms with van der Waals surface area (Å²) in [6, 6.07) is 0. The van der Waals surface area contributed by atoms with E-state index in [1.807, 2.05) is 19.9 Å². The zero-order chi connectivity index (χ0) is 25.4. The van der Waals surface area contributed by atoms with Gasteiger partial charge in [0.05, 0.1) is 43.4 Å². The van der Waals surface area contributed by atoms with E-state index < -0.39 is 50.4 Å². The molecular weight excluding hydrogens is 440 g/mol. The summed E-state index contributed by atoms with van der Waals surface area (Å²) in [7, 11) is -2.34. The predicted molar refractivity (Wildman–Crippen MR) is 130 cm³/mol. The molecule has 0 aromatic rings. The van der Waals surface area contributed by atoms with Crippen LogP contribution in [0.15, 0.2) is 12.2 Å². The number of allylic oxidation sites excluding steroid dienone is 1. The van der Waals surface area contributed by atoms with E-state index in [4.69, 9.17) is 13.9 Å². The predicted octanol–water partition coefficient (Wildman–Crippen LogP) is 3.42. The van der Waals surface area contributed by atoms with Crippen LogP contribution < -0.4 is 0 Å². The molecule has 192 valence electrons. The Labute approximate surface area is 200 Å². The number of Topliss-reactive ketones (excluding diaryl/α,β-unsaturated/α-hetero) is 1. The molecule has 2 saturated heterocycles. The van der Waals surface area contributed by atoms with Crippen LogP contribution in [0.4, 0.5) is 0 Å². The first kappa shape index (κ1) is 28.6. The molecule has 8 heteroatoms. The Morgan fingerprint density at radius 1 is 1.33 bits per heavy atom. The van der Waals surface area contributed by atoms with Gasteiger partial charge in [-0.05, 0) is 38.4 Å². The molecule has 2 aliphatic heterocycles. The van der Waals surface area contributed by atoms with Gasteiger partial charge in [0.1, 0.15) is 11.4 Å². The normalized spacial score (nSPS) is 35.9. The molecule has 0 aromatic carbocycles. The molecule has 0 radical (unpaired) electrons. The number of carbonyl (C=O) groups excluding carboxylic acids is 1. The van der Waals surface area contributed by atoms with Crippen molar-refractivity contribution in [1.82, 2.24) is 0 Å². The fourth-order valence-electron chi connectivity index (χ4n) is 4.61. The summed E-state index contributed by atoms with van der Waals surface area (Å²) < 4.78 is 18.5. The molecule has 0 saturated carbocycles. The standard InChI is InChI=1S/C25H46O7Si/c1-10-12-16(3)21-24(7,31-21)22(32-33(8,9)23(4,5)6)17(14-26)20(28)18-15-30-25(29,11-2)13-19(18)27/h10,12,16-19,21-22,26-27,29H,11,13-15H2,1-9H3/b12-10-/t16-,17-,18-,19+,21+,22-,24?,25?/m0/s1. The van der Waals surface area contributed by atoms with Crippen molar-refractivity contribution >= 4 is 14.1 Å². The molecule has 3 N–H and O–H groups in total. The van der Waals surface area contributed by atoms with Crippen LogP contribution in [-0.4, -0.2) is 72.3 Å². The molecule has 0 aliphatic carbocycles. The first-order valence-corrected chi connectivity index (χ1v) is 15.1. The van der Waals surface area contributed by atoms with Crippen LogP contribution in [-0.2, 0) is 18.7 Å². The molecule has 0 spiro atoms. The van der Waals surface area contributed by atoms with Crippen LogP contribution >= 0.6 is 0 Å². The largest absolute Gasteiger partial charge is 0.410 e. The monoisotopic (exact) mass is 486 g/mol. The van der Waals surface area contributed by atoms with Crippen LogP contribution in [0.1, 0.15) is 61.3 Å². The second-order valence-electron chi connectivity index (χ2n) is 11.6. The van der Waals surface area contributed by atoms with Gasteiger partial charge in [-0.2, -0.15) is 0 Å². The highest BCUT2D eigenvalue weighted by molar-refractivity contribution is 6.74. The topological polar surface area (TPSA) is 109 Å². The van der Waals surface area contributed by atoms with Gasteiger partial charge in [0.25, 0.3) is 0 Å². The Morgan fingerprint density at radius 2 is 1.94 bits per heavy atom. The maximum absolute atomic E-state index is 13.7. The summed E-state index contributed by atoms with van der Waals surface area (Å²) in [6.45, 7) is 17.9. The molecule has 0 bridgehead atoms. The molecule has 2 heterocycles. The molecule has 2 rings (SSSR count). The van der Waals surface area contributed by atoms with Crippen LogP contribution in [0.5, 0.6) is 0 Å². The number of ketones is 1. The third-order valence-corrected chi connectivity index (χ3v) is 12.5. The molecule has 2 aliphatic rings. The highest BCUT2D eigenvalue weighted by atomic mass is 28.4. The average Bonchev–Trinajstić information content (AvgIpc) is 3.40. The van der Waals surface area contributed by atoms with E-state index >= 15 is 0 Å². The van der Waals surface area contributed by atoms with Crippen molar-refractivity contribution in [2.45, 2.75) is 109 Å². The van der Waals surface area contributed by atoms with Crippen LogP contribution in [0, 0.1) is 17.8 Å². The van der Waals surface area contributed by atoms with Gasteiger partial charge in [-0.3, -0.25) is 4.79 Å². The first-order valence-electron chi connectivity index (χ1n) is 12.2. The van der Waals surface area contributed by atoms with Crippen molar-refractivity contribution in [3.63, 3.8) is 0 Å². The average molecular weight is 487 g/mol. The third kappa shape index (κ3) is 5.97. The van der Waals surface area contributed by atoms with Gasteiger partial charge in [-0.15, -0.1) is 0 Å². The smallest absolute Gasteiger partial charge is 0.192 e.